The van der Waals surface area contributed by atoms with E-state index < -0.39 is 11.9 Å². The van der Waals surface area contributed by atoms with Crippen molar-refractivity contribution in [1.29, 1.82) is 0 Å². The second-order valence-electron chi connectivity index (χ2n) is 4.68. The van der Waals surface area contributed by atoms with Crippen molar-refractivity contribution in [3.05, 3.63) is 17.8 Å². The Bertz CT molecular complexity index is 431. The first-order valence-electron chi connectivity index (χ1n) is 6.20. The molecular formula is C12H17F3N4O. The molecule has 0 aliphatic carbocycles. The molecular weight excluding hydrogens is 273 g/mol. The molecule has 0 aromatic carbocycles. The largest absolute Gasteiger partial charge is 0.435 e. The van der Waals surface area contributed by atoms with Gasteiger partial charge in [-0.1, -0.05) is 13.8 Å². The number of amides is 1. The molecule has 0 bridgehead atoms. The topological polar surface area (TPSA) is 66.9 Å². The molecule has 1 aromatic heterocycles. The third-order valence-electron chi connectivity index (χ3n) is 2.32. The Morgan fingerprint density at radius 3 is 2.50 bits per heavy atom. The number of anilines is 1. The number of carbonyl (C=O) groups is 1. The molecule has 0 fully saturated rings. The van der Waals surface area contributed by atoms with Gasteiger partial charge in [0.05, 0.1) is 0 Å². The van der Waals surface area contributed by atoms with Crippen LogP contribution in [0.2, 0.25) is 0 Å². The van der Waals surface area contributed by atoms with Crippen LogP contribution in [0.4, 0.5) is 19.0 Å². The van der Waals surface area contributed by atoms with E-state index in [0.29, 0.717) is 12.5 Å². The van der Waals surface area contributed by atoms with E-state index in [4.69, 9.17) is 0 Å². The lowest BCUT2D eigenvalue weighted by atomic mass is 10.2. The van der Waals surface area contributed by atoms with Gasteiger partial charge in [-0.25, -0.2) is 0 Å². The molecule has 0 aliphatic heterocycles. The highest BCUT2D eigenvalue weighted by Crippen LogP contribution is 2.26. The zero-order chi connectivity index (χ0) is 15.2. The number of nitrogens with one attached hydrogen (secondary N) is 2. The van der Waals surface area contributed by atoms with Crippen LogP contribution in [0.25, 0.3) is 0 Å². The molecule has 112 valence electrons. The van der Waals surface area contributed by atoms with Gasteiger partial charge in [0.15, 0.2) is 5.69 Å². The van der Waals surface area contributed by atoms with Crippen molar-refractivity contribution in [2.75, 3.05) is 18.4 Å². The van der Waals surface area contributed by atoms with E-state index in [9.17, 15) is 18.0 Å². The Morgan fingerprint density at radius 1 is 1.30 bits per heavy atom. The molecule has 0 saturated heterocycles. The summed E-state index contributed by atoms with van der Waals surface area (Å²) in [5, 5.41) is 11.9. The number of hydrogen-bond acceptors (Lipinski definition) is 4. The van der Waals surface area contributed by atoms with Crippen molar-refractivity contribution in [3.63, 3.8) is 0 Å². The van der Waals surface area contributed by atoms with Crippen molar-refractivity contribution in [1.82, 2.24) is 15.5 Å². The molecule has 0 unspecified atom stereocenters. The van der Waals surface area contributed by atoms with Gasteiger partial charge >= 0.3 is 6.18 Å². The Labute approximate surface area is 115 Å². The summed E-state index contributed by atoms with van der Waals surface area (Å²) in [6, 6.07) is 2.02. The van der Waals surface area contributed by atoms with Crippen molar-refractivity contribution in [2.45, 2.75) is 26.4 Å². The monoisotopic (exact) mass is 290 g/mol. The number of aromatic nitrogens is 2. The number of rotatable bonds is 6. The quantitative estimate of drug-likeness (QED) is 0.841. The van der Waals surface area contributed by atoms with Crippen LogP contribution in [0.3, 0.4) is 0 Å². The van der Waals surface area contributed by atoms with Gasteiger partial charge in [0.25, 0.3) is 0 Å². The fourth-order valence-electron chi connectivity index (χ4n) is 1.29. The first-order valence-corrected chi connectivity index (χ1v) is 6.20. The number of halogens is 3. The van der Waals surface area contributed by atoms with Crippen LogP contribution < -0.4 is 10.6 Å². The van der Waals surface area contributed by atoms with Crippen molar-refractivity contribution in [3.8, 4) is 0 Å². The van der Waals surface area contributed by atoms with E-state index in [0.717, 1.165) is 6.07 Å². The van der Waals surface area contributed by atoms with Crippen LogP contribution >= 0.6 is 0 Å². The van der Waals surface area contributed by atoms with Crippen molar-refractivity contribution in [2.24, 2.45) is 5.92 Å². The minimum Gasteiger partial charge on any atom is -0.368 e. The van der Waals surface area contributed by atoms with Crippen LogP contribution in [-0.2, 0) is 11.0 Å². The van der Waals surface area contributed by atoms with Crippen LogP contribution in [0.1, 0.15) is 26.0 Å². The summed E-state index contributed by atoms with van der Waals surface area (Å²) in [6.45, 7) is 4.84. The van der Waals surface area contributed by atoms with Crippen LogP contribution in [0.15, 0.2) is 12.1 Å². The average Bonchev–Trinajstić information content (AvgIpc) is 2.36. The number of hydrogen-bond donors (Lipinski definition) is 2. The third kappa shape index (κ3) is 5.85. The summed E-state index contributed by atoms with van der Waals surface area (Å²) in [5.41, 5.74) is -1.04. The second-order valence-corrected chi connectivity index (χ2v) is 4.68. The van der Waals surface area contributed by atoms with Crippen LogP contribution in [0, 0.1) is 5.92 Å². The first kappa shape index (κ1) is 16.2. The molecule has 1 amide bonds. The number of alkyl halides is 3. The van der Waals surface area contributed by atoms with E-state index in [-0.39, 0.29) is 24.7 Å². The first-order chi connectivity index (χ1) is 9.29. The number of carbonyl (C=O) groups excluding carboxylic acids is 1. The lowest BCUT2D eigenvalue weighted by Gasteiger charge is -2.09. The standard InChI is InChI=1S/C12H17F3N4O/c1-8(2)7-17-11(20)5-6-16-10-4-3-9(18-19-10)12(13,14)15/h3-4,8H,5-7H2,1-2H3,(H,16,19)(H,17,20). The summed E-state index contributed by atoms with van der Waals surface area (Å²) in [4.78, 5) is 11.4. The highest BCUT2D eigenvalue weighted by atomic mass is 19.4. The normalized spacial score (nSPS) is 11.5. The predicted molar refractivity (Wildman–Crippen MR) is 68.0 cm³/mol. The van der Waals surface area contributed by atoms with Crippen LogP contribution in [0.5, 0.6) is 0 Å². The third-order valence-corrected chi connectivity index (χ3v) is 2.32. The second kappa shape index (κ2) is 7.06. The van der Waals surface area contributed by atoms with Gasteiger partial charge in [0, 0.05) is 19.5 Å². The molecule has 1 rings (SSSR count). The van der Waals surface area contributed by atoms with Crippen molar-refractivity contribution >= 4 is 11.7 Å². The van der Waals surface area contributed by atoms with E-state index in [1.165, 1.54) is 6.07 Å². The van der Waals surface area contributed by atoms with E-state index in [1.807, 2.05) is 13.8 Å². The van der Waals surface area contributed by atoms with Crippen LogP contribution in [-0.4, -0.2) is 29.2 Å². The molecule has 1 aromatic rings. The lowest BCUT2D eigenvalue weighted by Crippen LogP contribution is -2.28. The molecule has 5 nitrogen and oxygen atoms in total. The van der Waals surface area contributed by atoms with Crippen molar-refractivity contribution < 1.29 is 18.0 Å². The van der Waals surface area contributed by atoms with E-state index in [2.05, 4.69) is 20.8 Å². The van der Waals surface area contributed by atoms with Gasteiger partial charge < -0.3 is 10.6 Å². The summed E-state index contributed by atoms with van der Waals surface area (Å²) in [6.07, 6.45) is -4.28. The number of nitrogens with zero attached hydrogens (tertiary/aromatic N) is 2. The van der Waals surface area contributed by atoms with E-state index in [1.54, 1.807) is 0 Å². The maximum atomic E-state index is 12.3. The lowest BCUT2D eigenvalue weighted by molar-refractivity contribution is -0.141. The average molecular weight is 290 g/mol. The molecule has 0 atom stereocenters. The molecule has 0 aliphatic rings. The Kier molecular flexibility index (Phi) is 5.72. The van der Waals surface area contributed by atoms with E-state index >= 15 is 0 Å². The highest BCUT2D eigenvalue weighted by Gasteiger charge is 2.32. The molecule has 0 saturated carbocycles. The molecule has 1 heterocycles. The maximum absolute atomic E-state index is 12.3. The van der Waals surface area contributed by atoms with Gasteiger partial charge in [0.1, 0.15) is 5.82 Å². The van der Waals surface area contributed by atoms with Gasteiger partial charge in [-0.15, -0.1) is 10.2 Å². The molecule has 8 heteroatoms. The fraction of sp³-hybridized carbons (Fsp3) is 0.583. The summed E-state index contributed by atoms with van der Waals surface area (Å²) in [5.74, 6) is 0.452. The Hall–Kier alpha value is -1.86. The summed E-state index contributed by atoms with van der Waals surface area (Å²) < 4.78 is 36.8. The zero-order valence-electron chi connectivity index (χ0n) is 11.3. The smallest absolute Gasteiger partial charge is 0.368 e. The minimum atomic E-state index is -4.50. The SMILES string of the molecule is CC(C)CNC(=O)CCNc1ccc(C(F)(F)F)nn1. The molecule has 0 radical (unpaired) electrons. The van der Waals surface area contributed by atoms with Gasteiger partial charge in [0.2, 0.25) is 5.91 Å². The van der Waals surface area contributed by atoms with Gasteiger partial charge in [-0.3, -0.25) is 4.79 Å². The highest BCUT2D eigenvalue weighted by molar-refractivity contribution is 5.76. The maximum Gasteiger partial charge on any atom is 0.435 e. The zero-order valence-corrected chi connectivity index (χ0v) is 11.3. The molecule has 2 N–H and O–H groups in total. The van der Waals surface area contributed by atoms with Gasteiger partial charge in [-0.05, 0) is 18.1 Å². The predicted octanol–water partition coefficient (Wildman–Crippen LogP) is 2.07. The Morgan fingerprint density at radius 2 is 2.00 bits per heavy atom. The minimum absolute atomic E-state index is 0.119. The summed E-state index contributed by atoms with van der Waals surface area (Å²) in [7, 11) is 0. The molecule has 0 spiro atoms. The fourth-order valence-corrected chi connectivity index (χ4v) is 1.29. The van der Waals surface area contributed by atoms with Gasteiger partial charge in [-0.2, -0.15) is 13.2 Å². The Balaban J connectivity index is 2.34. The molecule has 20 heavy (non-hydrogen) atoms. The summed E-state index contributed by atoms with van der Waals surface area (Å²) >= 11 is 0.